The molecule has 19 heavy (non-hydrogen) atoms. The molecule has 6 heteroatoms. The van der Waals surface area contributed by atoms with Crippen LogP contribution in [0.25, 0.3) is 0 Å². The van der Waals surface area contributed by atoms with Crippen LogP contribution in [0.4, 0.5) is 0 Å². The number of aryl methyl sites for hydroxylation is 1. The van der Waals surface area contributed by atoms with Crippen molar-refractivity contribution in [3.05, 3.63) is 17.4 Å². The van der Waals surface area contributed by atoms with E-state index >= 15 is 0 Å². The highest BCUT2D eigenvalue weighted by molar-refractivity contribution is 6.30. The molecule has 0 amide bonds. The highest BCUT2D eigenvalue weighted by Crippen LogP contribution is 2.27. The number of carboxylic acids is 1. The Morgan fingerprint density at radius 2 is 2.42 bits per heavy atom. The molecule has 0 bridgehead atoms. The van der Waals surface area contributed by atoms with Crippen molar-refractivity contribution in [2.75, 3.05) is 0 Å². The van der Waals surface area contributed by atoms with E-state index in [1.54, 1.807) is 17.1 Å². The maximum Gasteiger partial charge on any atom is 0.323 e. The van der Waals surface area contributed by atoms with E-state index in [9.17, 15) is 9.90 Å². The number of nitrogens with one attached hydrogen (secondary N) is 1. The van der Waals surface area contributed by atoms with Crippen molar-refractivity contribution < 1.29 is 9.90 Å². The standard InChI is InChI=1S/C13H20ClN3O2/c1-2-13(12(18)19,16-11-4-5-11)6-3-7-17-9-10(14)8-15-17/h8-9,11,16H,2-7H2,1H3,(H,18,19). The summed E-state index contributed by atoms with van der Waals surface area (Å²) in [5.74, 6) is -0.750. The molecule has 5 nitrogen and oxygen atoms in total. The predicted molar refractivity (Wildman–Crippen MR) is 73.3 cm³/mol. The minimum absolute atomic E-state index is 0.384. The topological polar surface area (TPSA) is 67.2 Å². The lowest BCUT2D eigenvalue weighted by Gasteiger charge is -2.29. The smallest absolute Gasteiger partial charge is 0.323 e. The number of halogens is 1. The van der Waals surface area contributed by atoms with E-state index in [1.165, 1.54) is 0 Å². The summed E-state index contributed by atoms with van der Waals surface area (Å²) in [5.41, 5.74) is -0.794. The average molecular weight is 286 g/mol. The van der Waals surface area contributed by atoms with Crippen LogP contribution < -0.4 is 5.32 Å². The molecular formula is C13H20ClN3O2. The number of aliphatic carboxylic acids is 1. The molecule has 0 aromatic carbocycles. The van der Waals surface area contributed by atoms with E-state index in [0.717, 1.165) is 19.3 Å². The molecule has 1 aromatic rings. The Balaban J connectivity index is 1.90. The summed E-state index contributed by atoms with van der Waals surface area (Å²) in [5, 5.41) is 17.5. The maximum atomic E-state index is 11.6. The van der Waals surface area contributed by atoms with Crippen molar-refractivity contribution >= 4 is 17.6 Å². The Labute approximate surface area is 117 Å². The van der Waals surface area contributed by atoms with Crippen molar-refractivity contribution in [2.45, 2.75) is 57.2 Å². The third-order valence-corrected chi connectivity index (χ3v) is 3.86. The number of hydrogen-bond donors (Lipinski definition) is 2. The van der Waals surface area contributed by atoms with Gasteiger partial charge in [-0.25, -0.2) is 0 Å². The molecule has 1 unspecified atom stereocenters. The van der Waals surface area contributed by atoms with Crippen LogP contribution in [0, 0.1) is 0 Å². The van der Waals surface area contributed by atoms with Gasteiger partial charge in [-0.2, -0.15) is 5.10 Å². The maximum absolute atomic E-state index is 11.6. The summed E-state index contributed by atoms with van der Waals surface area (Å²) in [7, 11) is 0. The minimum atomic E-state index is -0.794. The van der Waals surface area contributed by atoms with Gasteiger partial charge < -0.3 is 5.11 Å². The van der Waals surface area contributed by atoms with Gasteiger partial charge in [0.2, 0.25) is 0 Å². The SMILES string of the molecule is CCC(CCCn1cc(Cl)cn1)(NC1CC1)C(=O)O. The first-order valence-electron chi connectivity index (χ1n) is 6.75. The molecule has 1 fully saturated rings. The van der Waals surface area contributed by atoms with Crippen LogP contribution in [0.5, 0.6) is 0 Å². The quantitative estimate of drug-likeness (QED) is 0.769. The largest absolute Gasteiger partial charge is 0.480 e. The number of nitrogens with zero attached hydrogens (tertiary/aromatic N) is 2. The zero-order valence-electron chi connectivity index (χ0n) is 11.1. The Hall–Kier alpha value is -1.07. The molecule has 2 rings (SSSR count). The fourth-order valence-corrected chi connectivity index (χ4v) is 2.45. The fraction of sp³-hybridized carbons (Fsp3) is 0.692. The second-order valence-corrected chi connectivity index (χ2v) is 5.62. The molecule has 0 radical (unpaired) electrons. The van der Waals surface area contributed by atoms with E-state index in [0.29, 0.717) is 30.5 Å². The fourth-order valence-electron chi connectivity index (χ4n) is 2.29. The molecule has 0 saturated heterocycles. The van der Waals surface area contributed by atoms with E-state index in [1.807, 2.05) is 6.92 Å². The molecule has 0 aliphatic heterocycles. The second-order valence-electron chi connectivity index (χ2n) is 5.18. The van der Waals surface area contributed by atoms with E-state index in [2.05, 4.69) is 10.4 Å². The molecule has 2 N–H and O–H groups in total. The highest BCUT2D eigenvalue weighted by Gasteiger charge is 2.40. The van der Waals surface area contributed by atoms with Gasteiger partial charge in [0.15, 0.2) is 0 Å². The molecule has 1 aliphatic carbocycles. The van der Waals surface area contributed by atoms with Crippen molar-refractivity contribution in [2.24, 2.45) is 0 Å². The molecule has 1 aromatic heterocycles. The van der Waals surface area contributed by atoms with Gasteiger partial charge in [0, 0.05) is 18.8 Å². The van der Waals surface area contributed by atoms with Gasteiger partial charge in [0.05, 0.1) is 11.2 Å². The van der Waals surface area contributed by atoms with Crippen molar-refractivity contribution in [3.8, 4) is 0 Å². The first kappa shape index (κ1) is 14.3. The van der Waals surface area contributed by atoms with Crippen molar-refractivity contribution in [1.82, 2.24) is 15.1 Å². The normalized spacial score (nSPS) is 18.2. The van der Waals surface area contributed by atoms with Gasteiger partial charge in [-0.1, -0.05) is 18.5 Å². The first-order chi connectivity index (χ1) is 9.05. The van der Waals surface area contributed by atoms with Crippen LogP contribution in [-0.4, -0.2) is 32.4 Å². The Morgan fingerprint density at radius 3 is 2.89 bits per heavy atom. The van der Waals surface area contributed by atoms with Crippen molar-refractivity contribution in [1.29, 1.82) is 0 Å². The summed E-state index contributed by atoms with van der Waals surface area (Å²) in [4.78, 5) is 11.6. The molecule has 1 atom stereocenters. The van der Waals surface area contributed by atoms with Crippen LogP contribution in [0.3, 0.4) is 0 Å². The predicted octanol–water partition coefficient (Wildman–Crippen LogP) is 2.30. The first-order valence-corrected chi connectivity index (χ1v) is 7.12. The zero-order chi connectivity index (χ0) is 13.9. The molecule has 1 aliphatic rings. The molecule has 106 valence electrons. The summed E-state index contributed by atoms with van der Waals surface area (Å²) < 4.78 is 1.75. The summed E-state index contributed by atoms with van der Waals surface area (Å²) >= 11 is 5.79. The number of carbonyl (C=O) groups is 1. The van der Waals surface area contributed by atoms with Gasteiger partial charge in [0.1, 0.15) is 5.54 Å². The van der Waals surface area contributed by atoms with Gasteiger partial charge in [0.25, 0.3) is 0 Å². The molecular weight excluding hydrogens is 266 g/mol. The summed E-state index contributed by atoms with van der Waals surface area (Å²) in [6.07, 6.45) is 7.48. The third kappa shape index (κ3) is 3.70. The van der Waals surface area contributed by atoms with Gasteiger partial charge in [-0.15, -0.1) is 0 Å². The Bertz CT molecular complexity index is 445. The molecule has 1 heterocycles. The lowest BCUT2D eigenvalue weighted by Crippen LogP contribution is -2.52. The molecule has 1 saturated carbocycles. The van der Waals surface area contributed by atoms with E-state index in [-0.39, 0.29) is 0 Å². The monoisotopic (exact) mass is 285 g/mol. The van der Waals surface area contributed by atoms with E-state index < -0.39 is 11.5 Å². The Morgan fingerprint density at radius 1 is 1.68 bits per heavy atom. The molecule has 0 spiro atoms. The van der Waals surface area contributed by atoms with Crippen LogP contribution in [0.2, 0.25) is 5.02 Å². The van der Waals surface area contributed by atoms with Gasteiger partial charge in [-0.05, 0) is 32.1 Å². The van der Waals surface area contributed by atoms with E-state index in [4.69, 9.17) is 11.6 Å². The lowest BCUT2D eigenvalue weighted by atomic mass is 9.90. The number of aromatic nitrogens is 2. The van der Waals surface area contributed by atoms with Crippen LogP contribution in [0.1, 0.15) is 39.0 Å². The van der Waals surface area contributed by atoms with Gasteiger partial charge in [-0.3, -0.25) is 14.8 Å². The Kier molecular flexibility index (Phi) is 4.47. The van der Waals surface area contributed by atoms with Crippen LogP contribution >= 0.6 is 11.6 Å². The van der Waals surface area contributed by atoms with Crippen LogP contribution in [0.15, 0.2) is 12.4 Å². The number of rotatable bonds is 8. The lowest BCUT2D eigenvalue weighted by molar-refractivity contribution is -0.145. The van der Waals surface area contributed by atoms with Gasteiger partial charge >= 0.3 is 5.97 Å². The minimum Gasteiger partial charge on any atom is -0.480 e. The summed E-state index contributed by atoms with van der Waals surface area (Å²) in [6.45, 7) is 2.61. The average Bonchev–Trinajstić information content (AvgIpc) is 3.09. The zero-order valence-corrected chi connectivity index (χ0v) is 11.9. The highest BCUT2D eigenvalue weighted by atomic mass is 35.5. The summed E-state index contributed by atoms with van der Waals surface area (Å²) in [6, 6.07) is 0.384. The third-order valence-electron chi connectivity index (χ3n) is 3.66. The number of carboxylic acid groups (broad SMARTS) is 1. The number of hydrogen-bond acceptors (Lipinski definition) is 3. The second kappa shape index (κ2) is 5.92. The van der Waals surface area contributed by atoms with Crippen LogP contribution in [-0.2, 0) is 11.3 Å². The van der Waals surface area contributed by atoms with Crippen molar-refractivity contribution in [3.63, 3.8) is 0 Å².